The number of rotatable bonds is 11. The Morgan fingerprint density at radius 2 is 1.84 bits per heavy atom. The maximum atomic E-state index is 13.4. The summed E-state index contributed by atoms with van der Waals surface area (Å²) in [5.41, 5.74) is 2.91. The lowest BCUT2D eigenvalue weighted by Gasteiger charge is -2.21. The molecule has 6 nitrogen and oxygen atoms in total. The number of aryl methyl sites for hydroxylation is 1. The van der Waals surface area contributed by atoms with Gasteiger partial charge in [-0.05, 0) is 62.3 Å². The van der Waals surface area contributed by atoms with Crippen molar-refractivity contribution in [2.24, 2.45) is 5.92 Å². The summed E-state index contributed by atoms with van der Waals surface area (Å²) >= 11 is 7.70. The molecule has 0 spiro atoms. The van der Waals surface area contributed by atoms with Crippen molar-refractivity contribution in [1.29, 1.82) is 0 Å². The minimum atomic E-state index is -0.491. The van der Waals surface area contributed by atoms with Gasteiger partial charge in [0.15, 0.2) is 0 Å². The first-order chi connectivity index (χ1) is 18.4. The Morgan fingerprint density at radius 3 is 2.58 bits per heavy atom. The molecule has 2 heterocycles. The SMILES string of the molecule is Cc1ncc(Cl)cc1N[C@H](Cc1ccccc1)c1ccc(C(=O)N[C@@H](CC2CCCC2)C(=O)NC2CC2)s1. The fourth-order valence-electron chi connectivity index (χ4n) is 5.15. The monoisotopic (exact) mass is 550 g/mol. The van der Waals surface area contributed by atoms with Crippen LogP contribution in [0.1, 0.15) is 76.8 Å². The van der Waals surface area contributed by atoms with Crippen LogP contribution in [0.4, 0.5) is 5.69 Å². The molecule has 2 atom stereocenters. The predicted molar refractivity (Wildman–Crippen MR) is 154 cm³/mol. The fraction of sp³-hybridized carbons (Fsp3) is 0.433. The number of benzene rings is 1. The number of halogens is 1. The fourth-order valence-corrected chi connectivity index (χ4v) is 6.27. The Labute approximate surface area is 233 Å². The molecule has 38 heavy (non-hydrogen) atoms. The van der Waals surface area contributed by atoms with Crippen molar-refractivity contribution in [2.45, 2.75) is 76.4 Å². The number of carbonyl (C=O) groups is 2. The molecule has 0 radical (unpaired) electrons. The Morgan fingerprint density at radius 1 is 1.08 bits per heavy atom. The summed E-state index contributed by atoms with van der Waals surface area (Å²) in [5, 5.41) is 10.3. The number of hydrogen-bond donors (Lipinski definition) is 3. The molecule has 2 saturated carbocycles. The van der Waals surface area contributed by atoms with Gasteiger partial charge in [-0.2, -0.15) is 0 Å². The lowest BCUT2D eigenvalue weighted by Crippen LogP contribution is -2.48. The first-order valence-electron chi connectivity index (χ1n) is 13.6. The highest BCUT2D eigenvalue weighted by molar-refractivity contribution is 7.14. The highest BCUT2D eigenvalue weighted by Gasteiger charge is 2.31. The van der Waals surface area contributed by atoms with Gasteiger partial charge < -0.3 is 16.0 Å². The molecule has 3 aromatic rings. The second-order valence-corrected chi connectivity index (χ2v) is 12.1. The van der Waals surface area contributed by atoms with Gasteiger partial charge in [0.1, 0.15) is 6.04 Å². The molecule has 3 N–H and O–H groups in total. The van der Waals surface area contributed by atoms with Gasteiger partial charge in [0, 0.05) is 17.1 Å². The molecule has 2 amide bonds. The second-order valence-electron chi connectivity index (χ2n) is 10.6. The summed E-state index contributed by atoms with van der Waals surface area (Å²) in [5.74, 6) is 0.268. The zero-order chi connectivity index (χ0) is 26.5. The van der Waals surface area contributed by atoms with E-state index >= 15 is 0 Å². The molecule has 1 aromatic carbocycles. The van der Waals surface area contributed by atoms with Gasteiger partial charge in [-0.25, -0.2) is 0 Å². The first-order valence-corrected chi connectivity index (χ1v) is 14.8. The number of nitrogens with one attached hydrogen (secondary N) is 3. The topological polar surface area (TPSA) is 83.1 Å². The first kappa shape index (κ1) is 26.7. The van der Waals surface area contributed by atoms with Crippen LogP contribution < -0.4 is 16.0 Å². The van der Waals surface area contributed by atoms with E-state index in [1.165, 1.54) is 29.7 Å². The maximum absolute atomic E-state index is 13.4. The van der Waals surface area contributed by atoms with Gasteiger partial charge in [-0.1, -0.05) is 67.6 Å². The van der Waals surface area contributed by atoms with Crippen molar-refractivity contribution in [3.05, 3.63) is 80.8 Å². The van der Waals surface area contributed by atoms with E-state index in [0.717, 1.165) is 48.4 Å². The number of thiophene rings is 1. The third kappa shape index (κ3) is 7.14. The Hall–Kier alpha value is -2.90. The number of carbonyl (C=O) groups excluding carboxylic acids is 2. The van der Waals surface area contributed by atoms with E-state index in [2.05, 4.69) is 33.1 Å². The Bertz CT molecular complexity index is 1250. The number of pyridine rings is 1. The summed E-state index contributed by atoms with van der Waals surface area (Å²) in [6, 6.07) is 15.7. The van der Waals surface area contributed by atoms with Crippen LogP contribution in [0.5, 0.6) is 0 Å². The lowest BCUT2D eigenvalue weighted by molar-refractivity contribution is -0.123. The zero-order valence-electron chi connectivity index (χ0n) is 21.7. The van der Waals surface area contributed by atoms with Crippen molar-refractivity contribution in [1.82, 2.24) is 15.6 Å². The van der Waals surface area contributed by atoms with Gasteiger partial charge in [0.2, 0.25) is 5.91 Å². The molecule has 2 aromatic heterocycles. The van der Waals surface area contributed by atoms with Crippen LogP contribution in [-0.4, -0.2) is 28.9 Å². The number of anilines is 1. The van der Waals surface area contributed by atoms with E-state index in [0.29, 0.717) is 22.2 Å². The van der Waals surface area contributed by atoms with Crippen molar-refractivity contribution >= 4 is 40.4 Å². The maximum Gasteiger partial charge on any atom is 0.262 e. The van der Waals surface area contributed by atoms with Crippen molar-refractivity contribution in [3.63, 3.8) is 0 Å². The standard InChI is InChI=1S/C30H35ClN4O2S/c1-19-24(17-22(31)18-32-19)34-25(15-20-7-3-2-4-8-20)27-13-14-28(38-27)30(37)35-26(16-21-9-5-6-10-21)29(36)33-23-11-12-23/h2-4,7-8,13-14,17-18,21,23,25-26,34H,5-6,9-12,15-16H2,1H3,(H,33,36)(H,35,37)/t25-,26+/m1/s1. The van der Waals surface area contributed by atoms with E-state index in [1.807, 2.05) is 43.3 Å². The molecular weight excluding hydrogens is 516 g/mol. The van der Waals surface area contributed by atoms with E-state index in [-0.39, 0.29) is 23.9 Å². The third-order valence-electron chi connectivity index (χ3n) is 7.45. The minimum absolute atomic E-state index is 0.0444. The quantitative estimate of drug-likeness (QED) is 0.256. The predicted octanol–water partition coefficient (Wildman–Crippen LogP) is 6.46. The van der Waals surface area contributed by atoms with Crippen LogP contribution >= 0.6 is 22.9 Å². The van der Waals surface area contributed by atoms with Crippen LogP contribution in [0.2, 0.25) is 5.02 Å². The third-order valence-corrected chi connectivity index (χ3v) is 8.85. The summed E-state index contributed by atoms with van der Waals surface area (Å²) in [7, 11) is 0. The normalized spacial score (nSPS) is 17.1. The van der Waals surface area contributed by atoms with Crippen LogP contribution in [0.3, 0.4) is 0 Å². The molecule has 5 rings (SSSR count). The number of nitrogens with zero attached hydrogens (tertiary/aromatic N) is 1. The van der Waals surface area contributed by atoms with Crippen LogP contribution in [0, 0.1) is 12.8 Å². The molecule has 8 heteroatoms. The summed E-state index contributed by atoms with van der Waals surface area (Å²) in [6.45, 7) is 1.95. The molecule has 2 aliphatic rings. The Balaban J connectivity index is 1.33. The highest BCUT2D eigenvalue weighted by atomic mass is 35.5. The average Bonchev–Trinajstić information content (AvgIpc) is 3.35. The van der Waals surface area contributed by atoms with E-state index < -0.39 is 6.04 Å². The number of aromatic nitrogens is 1. The summed E-state index contributed by atoms with van der Waals surface area (Å²) in [4.78, 5) is 32.4. The van der Waals surface area contributed by atoms with Crippen LogP contribution in [0.25, 0.3) is 0 Å². The van der Waals surface area contributed by atoms with Crippen molar-refractivity contribution in [2.75, 3.05) is 5.32 Å². The van der Waals surface area contributed by atoms with Crippen molar-refractivity contribution in [3.8, 4) is 0 Å². The zero-order valence-corrected chi connectivity index (χ0v) is 23.3. The van der Waals surface area contributed by atoms with Crippen LogP contribution in [0.15, 0.2) is 54.7 Å². The van der Waals surface area contributed by atoms with Gasteiger partial charge >= 0.3 is 0 Å². The largest absolute Gasteiger partial charge is 0.376 e. The molecule has 0 aliphatic heterocycles. The van der Waals surface area contributed by atoms with E-state index in [1.54, 1.807) is 6.20 Å². The van der Waals surface area contributed by atoms with Crippen LogP contribution in [-0.2, 0) is 11.2 Å². The van der Waals surface area contributed by atoms with E-state index in [4.69, 9.17) is 11.6 Å². The second kappa shape index (κ2) is 12.3. The Kier molecular flexibility index (Phi) is 8.65. The van der Waals surface area contributed by atoms with Gasteiger partial charge in [0.05, 0.1) is 27.3 Å². The molecule has 0 saturated heterocycles. The summed E-state index contributed by atoms with van der Waals surface area (Å²) < 4.78 is 0. The molecule has 200 valence electrons. The molecule has 2 fully saturated rings. The number of hydrogen-bond acceptors (Lipinski definition) is 5. The van der Waals surface area contributed by atoms with Crippen molar-refractivity contribution < 1.29 is 9.59 Å². The van der Waals surface area contributed by atoms with Gasteiger partial charge in [-0.15, -0.1) is 11.3 Å². The highest BCUT2D eigenvalue weighted by Crippen LogP contribution is 2.32. The molecule has 0 unspecified atom stereocenters. The lowest BCUT2D eigenvalue weighted by atomic mass is 9.97. The van der Waals surface area contributed by atoms with Gasteiger partial charge in [-0.3, -0.25) is 14.6 Å². The number of amides is 2. The molecule has 2 aliphatic carbocycles. The smallest absolute Gasteiger partial charge is 0.262 e. The van der Waals surface area contributed by atoms with E-state index in [9.17, 15) is 9.59 Å². The molecular formula is C30H35ClN4O2S. The molecule has 0 bridgehead atoms. The average molecular weight is 551 g/mol. The van der Waals surface area contributed by atoms with Gasteiger partial charge in [0.25, 0.3) is 5.91 Å². The minimum Gasteiger partial charge on any atom is -0.376 e. The summed E-state index contributed by atoms with van der Waals surface area (Å²) in [6.07, 6.45) is 9.84.